The standard InChI is InChI=1S/C20H17N3O2/c1-14-4-2-3-5-15(14)13-23-17-8-11-25-19(17)12-18(23)20(24)22-16-6-9-21-10-7-16/h2-12H,13H2,1H3,(H,21,22,24). The molecule has 0 fully saturated rings. The van der Waals surface area contributed by atoms with Crippen LogP contribution >= 0.6 is 0 Å². The molecular weight excluding hydrogens is 314 g/mol. The van der Waals surface area contributed by atoms with E-state index < -0.39 is 0 Å². The van der Waals surface area contributed by atoms with Crippen molar-refractivity contribution in [1.29, 1.82) is 0 Å². The van der Waals surface area contributed by atoms with Crippen molar-refractivity contribution < 1.29 is 9.21 Å². The van der Waals surface area contributed by atoms with Crippen molar-refractivity contribution in [1.82, 2.24) is 9.55 Å². The van der Waals surface area contributed by atoms with Gasteiger partial charge in [0.2, 0.25) is 0 Å². The second-order valence-corrected chi connectivity index (χ2v) is 5.90. The van der Waals surface area contributed by atoms with Crippen LogP contribution in [0.4, 0.5) is 5.69 Å². The Balaban J connectivity index is 1.73. The molecule has 1 aromatic carbocycles. The Labute approximate surface area is 144 Å². The van der Waals surface area contributed by atoms with Crippen molar-refractivity contribution in [2.24, 2.45) is 0 Å². The van der Waals surface area contributed by atoms with Gasteiger partial charge in [-0.15, -0.1) is 0 Å². The van der Waals surface area contributed by atoms with Crippen molar-refractivity contribution in [3.05, 3.63) is 84.0 Å². The second kappa shape index (κ2) is 6.28. The lowest BCUT2D eigenvalue weighted by Crippen LogP contribution is -2.17. The number of furan rings is 1. The van der Waals surface area contributed by atoms with E-state index in [1.54, 1.807) is 36.9 Å². The van der Waals surface area contributed by atoms with E-state index in [2.05, 4.69) is 29.4 Å². The molecule has 0 radical (unpaired) electrons. The molecule has 0 saturated carbocycles. The van der Waals surface area contributed by atoms with Gasteiger partial charge in [-0.2, -0.15) is 0 Å². The quantitative estimate of drug-likeness (QED) is 0.608. The van der Waals surface area contributed by atoms with Crippen LogP contribution in [0.2, 0.25) is 0 Å². The zero-order valence-corrected chi connectivity index (χ0v) is 13.8. The summed E-state index contributed by atoms with van der Waals surface area (Å²) in [6.07, 6.45) is 4.94. The Hall–Kier alpha value is -3.34. The maximum atomic E-state index is 12.8. The van der Waals surface area contributed by atoms with E-state index in [0.717, 1.165) is 5.52 Å². The summed E-state index contributed by atoms with van der Waals surface area (Å²) in [5.74, 6) is -0.175. The molecule has 1 amide bonds. The van der Waals surface area contributed by atoms with E-state index in [4.69, 9.17) is 4.42 Å². The van der Waals surface area contributed by atoms with Crippen LogP contribution in [-0.2, 0) is 6.54 Å². The number of nitrogens with one attached hydrogen (secondary N) is 1. The highest BCUT2D eigenvalue weighted by atomic mass is 16.3. The second-order valence-electron chi connectivity index (χ2n) is 5.90. The summed E-state index contributed by atoms with van der Waals surface area (Å²) in [6.45, 7) is 2.68. The van der Waals surface area contributed by atoms with Gasteiger partial charge in [-0.3, -0.25) is 9.78 Å². The van der Waals surface area contributed by atoms with Crippen molar-refractivity contribution in [2.75, 3.05) is 5.32 Å². The van der Waals surface area contributed by atoms with E-state index in [9.17, 15) is 4.79 Å². The van der Waals surface area contributed by atoms with Crippen molar-refractivity contribution in [3.8, 4) is 0 Å². The molecule has 0 bridgehead atoms. The first-order valence-electron chi connectivity index (χ1n) is 8.05. The minimum Gasteiger partial charge on any atom is -0.463 e. The lowest BCUT2D eigenvalue weighted by Gasteiger charge is -2.12. The van der Waals surface area contributed by atoms with E-state index in [-0.39, 0.29) is 5.91 Å². The summed E-state index contributed by atoms with van der Waals surface area (Å²) in [5.41, 5.74) is 5.23. The van der Waals surface area contributed by atoms with Gasteiger partial charge in [0.1, 0.15) is 5.69 Å². The molecule has 0 atom stereocenters. The number of carbonyl (C=O) groups excluding carboxylic acids is 1. The highest BCUT2D eigenvalue weighted by molar-refractivity contribution is 6.05. The zero-order valence-electron chi connectivity index (χ0n) is 13.8. The number of hydrogen-bond acceptors (Lipinski definition) is 3. The van der Waals surface area contributed by atoms with Crippen LogP contribution in [-0.4, -0.2) is 15.5 Å². The fourth-order valence-electron chi connectivity index (χ4n) is 2.92. The predicted molar refractivity (Wildman–Crippen MR) is 96.7 cm³/mol. The van der Waals surface area contributed by atoms with Crippen LogP contribution in [0.5, 0.6) is 0 Å². The van der Waals surface area contributed by atoms with Gasteiger partial charge in [-0.1, -0.05) is 24.3 Å². The third-order valence-electron chi connectivity index (χ3n) is 4.28. The minimum absolute atomic E-state index is 0.175. The first-order valence-corrected chi connectivity index (χ1v) is 8.05. The normalized spacial score (nSPS) is 10.9. The van der Waals surface area contributed by atoms with Gasteiger partial charge in [0.25, 0.3) is 5.91 Å². The molecule has 25 heavy (non-hydrogen) atoms. The fourth-order valence-corrected chi connectivity index (χ4v) is 2.92. The van der Waals surface area contributed by atoms with E-state index in [1.807, 2.05) is 22.8 Å². The van der Waals surface area contributed by atoms with Crippen molar-refractivity contribution in [3.63, 3.8) is 0 Å². The maximum Gasteiger partial charge on any atom is 0.272 e. The number of carbonyl (C=O) groups is 1. The lowest BCUT2D eigenvalue weighted by molar-refractivity contribution is 0.101. The third kappa shape index (κ3) is 2.92. The number of fused-ring (bicyclic) bond motifs is 1. The molecule has 124 valence electrons. The highest BCUT2D eigenvalue weighted by Gasteiger charge is 2.18. The highest BCUT2D eigenvalue weighted by Crippen LogP contribution is 2.24. The molecule has 0 spiro atoms. The van der Waals surface area contributed by atoms with Gasteiger partial charge >= 0.3 is 0 Å². The Bertz CT molecular complexity index is 1030. The number of aryl methyl sites for hydroxylation is 1. The maximum absolute atomic E-state index is 12.8. The Morgan fingerprint density at radius 2 is 1.96 bits per heavy atom. The lowest BCUT2D eigenvalue weighted by atomic mass is 10.1. The number of pyridine rings is 1. The molecule has 5 heteroatoms. The van der Waals surface area contributed by atoms with Crippen LogP contribution in [0, 0.1) is 6.92 Å². The average Bonchev–Trinajstić information content (AvgIpc) is 3.20. The summed E-state index contributed by atoms with van der Waals surface area (Å²) < 4.78 is 7.48. The summed E-state index contributed by atoms with van der Waals surface area (Å²) >= 11 is 0. The van der Waals surface area contributed by atoms with Crippen molar-refractivity contribution in [2.45, 2.75) is 13.5 Å². The van der Waals surface area contributed by atoms with Crippen LogP contribution in [0.25, 0.3) is 11.1 Å². The third-order valence-corrected chi connectivity index (χ3v) is 4.28. The molecule has 1 N–H and O–H groups in total. The fraction of sp³-hybridized carbons (Fsp3) is 0.100. The monoisotopic (exact) mass is 331 g/mol. The zero-order chi connectivity index (χ0) is 17.2. The summed E-state index contributed by atoms with van der Waals surface area (Å²) in [5, 5.41) is 2.91. The van der Waals surface area contributed by atoms with Gasteiger partial charge in [-0.25, -0.2) is 0 Å². The number of aromatic nitrogens is 2. The number of nitrogens with zero attached hydrogens (tertiary/aromatic N) is 2. The molecule has 4 rings (SSSR count). The molecule has 0 aliphatic heterocycles. The van der Waals surface area contributed by atoms with E-state index in [1.165, 1.54) is 11.1 Å². The molecule has 4 aromatic rings. The predicted octanol–water partition coefficient (Wildman–Crippen LogP) is 4.24. The number of amides is 1. The van der Waals surface area contributed by atoms with Gasteiger partial charge in [0.05, 0.1) is 11.8 Å². The van der Waals surface area contributed by atoms with Gasteiger partial charge in [0.15, 0.2) is 5.58 Å². The van der Waals surface area contributed by atoms with Gasteiger partial charge in [0, 0.05) is 36.8 Å². The summed E-state index contributed by atoms with van der Waals surface area (Å²) in [4.78, 5) is 16.7. The largest absolute Gasteiger partial charge is 0.463 e. The Kier molecular flexibility index (Phi) is 3.82. The van der Waals surface area contributed by atoms with Crippen LogP contribution in [0.1, 0.15) is 21.6 Å². The molecule has 0 saturated heterocycles. The number of anilines is 1. The van der Waals surface area contributed by atoms with Gasteiger partial charge < -0.3 is 14.3 Å². The van der Waals surface area contributed by atoms with E-state index >= 15 is 0 Å². The molecule has 3 heterocycles. The number of rotatable bonds is 4. The van der Waals surface area contributed by atoms with Crippen molar-refractivity contribution >= 4 is 22.7 Å². The Morgan fingerprint density at radius 1 is 1.16 bits per heavy atom. The number of hydrogen-bond donors (Lipinski definition) is 1. The smallest absolute Gasteiger partial charge is 0.272 e. The molecule has 3 aromatic heterocycles. The molecule has 0 aliphatic carbocycles. The molecule has 5 nitrogen and oxygen atoms in total. The van der Waals surface area contributed by atoms with Crippen LogP contribution in [0.15, 0.2) is 71.6 Å². The molecular formula is C20H17N3O2. The average molecular weight is 331 g/mol. The van der Waals surface area contributed by atoms with Crippen LogP contribution < -0.4 is 5.32 Å². The topological polar surface area (TPSA) is 60.1 Å². The SMILES string of the molecule is Cc1ccccc1Cn1c(C(=O)Nc2ccncc2)cc2occc21. The molecule has 0 unspecified atom stereocenters. The first-order chi connectivity index (χ1) is 12.2. The summed E-state index contributed by atoms with van der Waals surface area (Å²) in [6, 6.07) is 15.4. The summed E-state index contributed by atoms with van der Waals surface area (Å²) in [7, 11) is 0. The molecule has 0 aliphatic rings. The minimum atomic E-state index is -0.175. The first kappa shape index (κ1) is 15.2. The van der Waals surface area contributed by atoms with Crippen LogP contribution in [0.3, 0.4) is 0 Å². The number of benzene rings is 1. The van der Waals surface area contributed by atoms with E-state index in [0.29, 0.717) is 23.5 Å². The Morgan fingerprint density at radius 3 is 2.76 bits per heavy atom. The van der Waals surface area contributed by atoms with Gasteiger partial charge in [-0.05, 0) is 30.2 Å².